The van der Waals surface area contributed by atoms with E-state index < -0.39 is 10.8 Å². The van der Waals surface area contributed by atoms with Crippen molar-refractivity contribution in [3.05, 3.63) is 16.1 Å². The van der Waals surface area contributed by atoms with Crippen LogP contribution in [0.4, 0.5) is 0 Å². The fourth-order valence-electron chi connectivity index (χ4n) is 2.13. The number of nitrogens with zero attached hydrogens (tertiary/aromatic N) is 1. The Labute approximate surface area is 97.6 Å². The minimum Gasteiger partial charge on any atom is -0.259 e. The van der Waals surface area contributed by atoms with Crippen molar-refractivity contribution in [2.75, 3.05) is 5.75 Å². The van der Waals surface area contributed by atoms with E-state index >= 15 is 0 Å². The van der Waals surface area contributed by atoms with Crippen LogP contribution in [0.3, 0.4) is 0 Å². The highest BCUT2D eigenvalue weighted by Crippen LogP contribution is 2.26. The molecule has 1 aliphatic rings. The number of thiazole rings is 1. The average molecular weight is 243 g/mol. The van der Waals surface area contributed by atoms with Crippen LogP contribution in [0.2, 0.25) is 0 Å². The molecule has 84 valence electrons. The predicted octanol–water partition coefficient (Wildman–Crippen LogP) is 2.89. The molecule has 0 N–H and O–H groups in total. The lowest BCUT2D eigenvalue weighted by molar-refractivity contribution is 0.604. The summed E-state index contributed by atoms with van der Waals surface area (Å²) in [5, 5.41) is 1.07. The smallest absolute Gasteiger partial charge is 0.0897 e. The van der Waals surface area contributed by atoms with Crippen molar-refractivity contribution in [2.45, 2.75) is 38.4 Å². The summed E-state index contributed by atoms with van der Waals surface area (Å²) >= 11 is 1.67. The van der Waals surface area contributed by atoms with Crippen LogP contribution >= 0.6 is 11.3 Å². The van der Waals surface area contributed by atoms with E-state index in [0.717, 1.165) is 16.7 Å². The van der Waals surface area contributed by atoms with E-state index in [2.05, 4.69) is 4.98 Å². The first kappa shape index (κ1) is 11.3. The molecule has 1 aliphatic carbocycles. The zero-order valence-corrected chi connectivity index (χ0v) is 10.7. The van der Waals surface area contributed by atoms with Crippen LogP contribution in [0.15, 0.2) is 6.20 Å². The summed E-state index contributed by atoms with van der Waals surface area (Å²) in [5.74, 6) is 2.33. The fourth-order valence-corrected chi connectivity index (χ4v) is 4.72. The van der Waals surface area contributed by atoms with Crippen molar-refractivity contribution in [3.63, 3.8) is 0 Å². The van der Waals surface area contributed by atoms with Crippen LogP contribution in [0.5, 0.6) is 0 Å². The summed E-state index contributed by atoms with van der Waals surface area (Å²) in [5.41, 5.74) is 0. The molecule has 2 rings (SSSR count). The van der Waals surface area contributed by atoms with Gasteiger partial charge in [0.05, 0.1) is 10.8 Å². The number of aromatic nitrogens is 1. The largest absolute Gasteiger partial charge is 0.259 e. The van der Waals surface area contributed by atoms with Crippen LogP contribution in [0.25, 0.3) is 0 Å². The van der Waals surface area contributed by atoms with Gasteiger partial charge < -0.3 is 0 Å². The van der Waals surface area contributed by atoms with Crippen LogP contribution in [-0.2, 0) is 16.6 Å². The quantitative estimate of drug-likeness (QED) is 0.814. The zero-order valence-electron chi connectivity index (χ0n) is 9.07. The maximum absolute atomic E-state index is 11.9. The summed E-state index contributed by atoms with van der Waals surface area (Å²) in [4.78, 5) is 5.36. The minimum absolute atomic E-state index is 0.677. The lowest BCUT2D eigenvalue weighted by Crippen LogP contribution is -2.08. The molecular formula is C11H17NOS2. The van der Waals surface area contributed by atoms with E-state index in [-0.39, 0.29) is 0 Å². The van der Waals surface area contributed by atoms with Gasteiger partial charge in [0.2, 0.25) is 0 Å². The Balaban J connectivity index is 1.81. The van der Waals surface area contributed by atoms with Crippen molar-refractivity contribution < 1.29 is 4.21 Å². The second-order valence-electron chi connectivity index (χ2n) is 4.25. The molecule has 0 amide bonds. The van der Waals surface area contributed by atoms with Gasteiger partial charge in [0.15, 0.2) is 0 Å². The number of aryl methyl sites for hydroxylation is 1. The number of rotatable bonds is 4. The van der Waals surface area contributed by atoms with Crippen molar-refractivity contribution in [2.24, 2.45) is 5.92 Å². The third kappa shape index (κ3) is 3.38. The second-order valence-corrected chi connectivity index (χ2v) is 7.07. The average Bonchev–Trinajstić information content (AvgIpc) is 2.77. The standard InChI is InChI=1S/C11H17NOS2/c1-9-12-6-11(14-9)8-15(13)7-10-4-2-3-5-10/h6,10H,2-5,7-8H2,1H3/t15-/m0/s1. The Morgan fingerprint density at radius 3 is 2.87 bits per heavy atom. The van der Waals surface area contributed by atoms with Crippen LogP contribution in [0.1, 0.15) is 35.6 Å². The van der Waals surface area contributed by atoms with Crippen molar-refractivity contribution in [3.8, 4) is 0 Å². The lowest BCUT2D eigenvalue weighted by atomic mass is 10.1. The first-order valence-corrected chi connectivity index (χ1v) is 7.81. The van der Waals surface area contributed by atoms with Gasteiger partial charge in [-0.25, -0.2) is 4.98 Å². The molecule has 15 heavy (non-hydrogen) atoms. The molecule has 0 saturated heterocycles. The van der Waals surface area contributed by atoms with Crippen LogP contribution in [-0.4, -0.2) is 14.9 Å². The molecule has 1 saturated carbocycles. The SMILES string of the molecule is Cc1ncc(C[S@@](=O)CC2CCCC2)s1. The molecule has 0 spiro atoms. The Morgan fingerprint density at radius 1 is 1.53 bits per heavy atom. The Morgan fingerprint density at radius 2 is 2.27 bits per heavy atom. The van der Waals surface area contributed by atoms with Gasteiger partial charge in [0, 0.05) is 27.6 Å². The summed E-state index contributed by atoms with van der Waals surface area (Å²) in [6.45, 7) is 1.99. The van der Waals surface area contributed by atoms with Gasteiger partial charge in [-0.15, -0.1) is 11.3 Å². The normalized spacial score (nSPS) is 19.5. The van der Waals surface area contributed by atoms with E-state index in [4.69, 9.17) is 0 Å². The van der Waals surface area contributed by atoms with Gasteiger partial charge in [-0.2, -0.15) is 0 Å². The Kier molecular flexibility index (Phi) is 3.92. The fraction of sp³-hybridized carbons (Fsp3) is 0.727. The molecule has 1 aromatic rings. The van der Waals surface area contributed by atoms with Crippen molar-refractivity contribution in [1.29, 1.82) is 0 Å². The van der Waals surface area contributed by atoms with Gasteiger partial charge in [0.25, 0.3) is 0 Å². The third-order valence-corrected chi connectivity index (χ3v) is 5.44. The lowest BCUT2D eigenvalue weighted by Gasteiger charge is -2.06. The van der Waals surface area contributed by atoms with Crippen molar-refractivity contribution >= 4 is 22.1 Å². The maximum Gasteiger partial charge on any atom is 0.0897 e. The summed E-state index contributed by atoms with van der Waals surface area (Å²) in [7, 11) is -0.677. The summed E-state index contributed by atoms with van der Waals surface area (Å²) < 4.78 is 11.9. The van der Waals surface area contributed by atoms with Gasteiger partial charge in [-0.1, -0.05) is 12.8 Å². The molecule has 0 radical (unpaired) electrons. The highest BCUT2D eigenvalue weighted by molar-refractivity contribution is 7.84. The van der Waals surface area contributed by atoms with Crippen LogP contribution in [0, 0.1) is 12.8 Å². The van der Waals surface area contributed by atoms with E-state index in [9.17, 15) is 4.21 Å². The van der Waals surface area contributed by atoms with E-state index in [1.807, 2.05) is 13.1 Å². The molecule has 1 atom stereocenters. The Bertz CT molecular complexity index is 342. The monoisotopic (exact) mass is 243 g/mol. The minimum atomic E-state index is -0.677. The van der Waals surface area contributed by atoms with E-state index in [1.165, 1.54) is 30.6 Å². The third-order valence-electron chi connectivity index (χ3n) is 2.87. The van der Waals surface area contributed by atoms with E-state index in [1.54, 1.807) is 11.3 Å². The molecule has 1 heterocycles. The molecule has 2 nitrogen and oxygen atoms in total. The maximum atomic E-state index is 11.9. The Hall–Kier alpha value is -0.220. The zero-order chi connectivity index (χ0) is 10.7. The van der Waals surface area contributed by atoms with Crippen molar-refractivity contribution in [1.82, 2.24) is 4.98 Å². The van der Waals surface area contributed by atoms with Gasteiger partial charge in [-0.05, 0) is 25.7 Å². The molecule has 0 aliphatic heterocycles. The molecular weight excluding hydrogens is 226 g/mol. The van der Waals surface area contributed by atoms with E-state index in [0.29, 0.717) is 5.75 Å². The highest BCUT2D eigenvalue weighted by atomic mass is 32.2. The second kappa shape index (κ2) is 5.21. The highest BCUT2D eigenvalue weighted by Gasteiger charge is 2.18. The van der Waals surface area contributed by atoms with Crippen LogP contribution < -0.4 is 0 Å². The molecule has 0 aromatic carbocycles. The topological polar surface area (TPSA) is 30.0 Å². The summed E-state index contributed by atoms with van der Waals surface area (Å²) in [6, 6.07) is 0. The first-order chi connectivity index (χ1) is 7.24. The molecule has 0 bridgehead atoms. The summed E-state index contributed by atoms with van der Waals surface area (Å²) in [6.07, 6.45) is 7.11. The van der Waals surface area contributed by atoms with Gasteiger partial charge in [0.1, 0.15) is 0 Å². The number of hydrogen-bond donors (Lipinski definition) is 0. The predicted molar refractivity (Wildman–Crippen MR) is 65.5 cm³/mol. The molecule has 0 unspecified atom stereocenters. The molecule has 1 fully saturated rings. The molecule has 1 aromatic heterocycles. The molecule has 4 heteroatoms. The van der Waals surface area contributed by atoms with Gasteiger partial charge in [-0.3, -0.25) is 4.21 Å². The van der Waals surface area contributed by atoms with Gasteiger partial charge >= 0.3 is 0 Å². The number of hydrogen-bond acceptors (Lipinski definition) is 3. The first-order valence-electron chi connectivity index (χ1n) is 5.50.